The topological polar surface area (TPSA) is 33.0 Å². The first-order valence-corrected chi connectivity index (χ1v) is 13.4. The molecule has 1 aliphatic heterocycles. The Hall–Kier alpha value is -5.39. The van der Waals surface area contributed by atoms with Gasteiger partial charge in [0, 0.05) is 16.7 Å². The quantitative estimate of drug-likeness (QED) is 0.236. The lowest BCUT2D eigenvalue weighted by atomic mass is 9.83. The molecule has 0 fully saturated rings. The maximum atomic E-state index is 9.26. The van der Waals surface area contributed by atoms with Crippen molar-refractivity contribution < 1.29 is 4.74 Å². The summed E-state index contributed by atoms with van der Waals surface area (Å²) in [6.07, 6.45) is 4.37. The van der Waals surface area contributed by atoms with Crippen LogP contribution in [0, 0.1) is 11.3 Å². The summed E-state index contributed by atoms with van der Waals surface area (Å²) >= 11 is 0. The summed E-state index contributed by atoms with van der Waals surface area (Å²) in [6.45, 7) is 0. The highest BCUT2D eigenvalue weighted by atomic mass is 16.5. The lowest BCUT2D eigenvalue weighted by Crippen LogP contribution is -2.34. The molecule has 0 spiro atoms. The average Bonchev–Trinajstić information content (AvgIpc) is 3.04. The van der Waals surface area contributed by atoms with Crippen molar-refractivity contribution in [1.82, 2.24) is 0 Å². The van der Waals surface area contributed by atoms with Gasteiger partial charge < -0.3 is 4.74 Å². The molecule has 0 aliphatic carbocycles. The third-order valence-electron chi connectivity index (χ3n) is 7.72. The van der Waals surface area contributed by atoms with E-state index in [0.29, 0.717) is 5.56 Å². The van der Waals surface area contributed by atoms with Crippen molar-refractivity contribution in [2.24, 2.45) is 0 Å². The Balaban J connectivity index is 1.35. The van der Waals surface area contributed by atoms with E-state index in [1.807, 2.05) is 36.4 Å². The zero-order valence-electron chi connectivity index (χ0n) is 21.8. The summed E-state index contributed by atoms with van der Waals surface area (Å²) in [5, 5.41) is 11.6. The standard InChI is InChI=1S/C38H25NO/c39-26-27-17-19-28(20-18-27)34-15-7-9-29-10-8-16-35(37(29)34)30-21-22-36-31(25-30)23-24-38(40-36,32-11-3-1-4-12-32)33-13-5-2-6-14-33/h1-25H. The van der Waals surface area contributed by atoms with Crippen LogP contribution >= 0.6 is 0 Å². The van der Waals surface area contributed by atoms with E-state index in [1.165, 1.54) is 10.8 Å². The molecule has 188 valence electrons. The van der Waals surface area contributed by atoms with Gasteiger partial charge in [-0.2, -0.15) is 5.26 Å². The summed E-state index contributed by atoms with van der Waals surface area (Å²) in [5.74, 6) is 0.853. The number of rotatable bonds is 4. The van der Waals surface area contributed by atoms with Gasteiger partial charge in [0.15, 0.2) is 5.60 Å². The van der Waals surface area contributed by atoms with E-state index in [9.17, 15) is 5.26 Å². The van der Waals surface area contributed by atoms with Crippen LogP contribution < -0.4 is 4.74 Å². The number of fused-ring (bicyclic) bond motifs is 2. The summed E-state index contributed by atoms with van der Waals surface area (Å²) in [5.41, 5.74) is 7.73. The van der Waals surface area contributed by atoms with Crippen LogP contribution in [0.2, 0.25) is 0 Å². The third-order valence-corrected chi connectivity index (χ3v) is 7.72. The molecule has 0 atom stereocenters. The van der Waals surface area contributed by atoms with Gasteiger partial charge in [-0.05, 0) is 63.4 Å². The molecule has 0 aromatic heterocycles. The van der Waals surface area contributed by atoms with Crippen molar-refractivity contribution in [3.63, 3.8) is 0 Å². The summed E-state index contributed by atoms with van der Waals surface area (Å²) in [6, 6.07) is 50.1. The second-order valence-corrected chi connectivity index (χ2v) is 10.1. The maximum absolute atomic E-state index is 9.26. The van der Waals surface area contributed by atoms with Gasteiger partial charge in [-0.15, -0.1) is 0 Å². The predicted octanol–water partition coefficient (Wildman–Crippen LogP) is 9.39. The van der Waals surface area contributed by atoms with Crippen LogP contribution in [-0.2, 0) is 5.60 Å². The van der Waals surface area contributed by atoms with Crippen LogP contribution in [0.3, 0.4) is 0 Å². The zero-order chi connectivity index (χ0) is 26.9. The minimum absolute atomic E-state index is 0.660. The largest absolute Gasteiger partial charge is 0.473 e. The Labute approximate surface area is 234 Å². The Morgan fingerprint density at radius 2 is 1.18 bits per heavy atom. The van der Waals surface area contributed by atoms with Crippen LogP contribution in [-0.4, -0.2) is 0 Å². The number of hydrogen-bond donors (Lipinski definition) is 0. The minimum atomic E-state index is -0.695. The number of nitriles is 1. The van der Waals surface area contributed by atoms with Gasteiger partial charge in [0.2, 0.25) is 0 Å². The lowest BCUT2D eigenvalue weighted by molar-refractivity contribution is 0.161. The van der Waals surface area contributed by atoms with Gasteiger partial charge in [0.05, 0.1) is 11.6 Å². The molecule has 2 heteroatoms. The third kappa shape index (κ3) is 3.97. The van der Waals surface area contributed by atoms with E-state index in [2.05, 4.69) is 121 Å². The number of ether oxygens (including phenoxy) is 1. The number of hydrogen-bond acceptors (Lipinski definition) is 2. The highest BCUT2D eigenvalue weighted by Gasteiger charge is 2.36. The summed E-state index contributed by atoms with van der Waals surface area (Å²) in [4.78, 5) is 0. The molecule has 6 aromatic carbocycles. The first kappa shape index (κ1) is 23.7. The van der Waals surface area contributed by atoms with E-state index >= 15 is 0 Å². The van der Waals surface area contributed by atoms with Crippen molar-refractivity contribution in [3.8, 4) is 34.1 Å². The monoisotopic (exact) mass is 511 g/mol. The highest BCUT2D eigenvalue weighted by molar-refractivity contribution is 6.06. The molecule has 1 heterocycles. The lowest BCUT2D eigenvalue weighted by Gasteiger charge is -2.36. The fraction of sp³-hybridized carbons (Fsp3) is 0.0263. The Morgan fingerprint density at radius 1 is 0.575 bits per heavy atom. The van der Waals surface area contributed by atoms with Crippen LogP contribution in [0.5, 0.6) is 5.75 Å². The number of nitrogens with zero attached hydrogens (tertiary/aromatic N) is 1. The van der Waals surface area contributed by atoms with Crippen LogP contribution in [0.4, 0.5) is 0 Å². The van der Waals surface area contributed by atoms with Crippen LogP contribution in [0.25, 0.3) is 39.1 Å². The van der Waals surface area contributed by atoms with E-state index in [-0.39, 0.29) is 0 Å². The van der Waals surface area contributed by atoms with E-state index < -0.39 is 5.60 Å². The second kappa shape index (κ2) is 9.73. The Kier molecular flexibility index (Phi) is 5.77. The SMILES string of the molecule is N#Cc1ccc(-c2cccc3cccc(-c4ccc5c(c4)C=CC(c4ccccc4)(c4ccccc4)O5)c23)cc1. The van der Waals surface area contributed by atoms with Crippen molar-refractivity contribution in [2.45, 2.75) is 5.60 Å². The highest BCUT2D eigenvalue weighted by Crippen LogP contribution is 2.44. The molecular weight excluding hydrogens is 486 g/mol. The molecule has 0 unspecified atom stereocenters. The average molecular weight is 512 g/mol. The second-order valence-electron chi connectivity index (χ2n) is 10.1. The van der Waals surface area contributed by atoms with Gasteiger partial charge in [0.25, 0.3) is 0 Å². The van der Waals surface area contributed by atoms with Crippen molar-refractivity contribution >= 4 is 16.8 Å². The molecule has 6 aromatic rings. The van der Waals surface area contributed by atoms with Crippen LogP contribution in [0.1, 0.15) is 22.3 Å². The Bertz CT molecular complexity index is 1870. The maximum Gasteiger partial charge on any atom is 0.178 e. The van der Waals surface area contributed by atoms with E-state index in [1.54, 1.807) is 0 Å². The first-order chi connectivity index (χ1) is 19.7. The van der Waals surface area contributed by atoms with Gasteiger partial charge in [-0.3, -0.25) is 0 Å². The molecule has 2 nitrogen and oxygen atoms in total. The molecule has 0 N–H and O–H groups in total. The van der Waals surface area contributed by atoms with Crippen molar-refractivity contribution in [1.29, 1.82) is 5.26 Å². The Morgan fingerprint density at radius 3 is 1.80 bits per heavy atom. The van der Waals surface area contributed by atoms with E-state index in [4.69, 9.17) is 4.74 Å². The fourth-order valence-electron chi connectivity index (χ4n) is 5.75. The molecule has 0 amide bonds. The van der Waals surface area contributed by atoms with Gasteiger partial charge >= 0.3 is 0 Å². The predicted molar refractivity (Wildman–Crippen MR) is 163 cm³/mol. The molecule has 1 aliphatic rings. The molecule has 7 rings (SSSR count). The minimum Gasteiger partial charge on any atom is -0.473 e. The molecule has 0 bridgehead atoms. The van der Waals surface area contributed by atoms with Crippen molar-refractivity contribution in [3.05, 3.63) is 168 Å². The van der Waals surface area contributed by atoms with E-state index in [0.717, 1.165) is 44.7 Å². The van der Waals surface area contributed by atoms with Gasteiger partial charge in [-0.25, -0.2) is 0 Å². The normalized spacial score (nSPS) is 13.3. The zero-order valence-corrected chi connectivity index (χ0v) is 21.8. The molecule has 0 saturated heterocycles. The summed E-state index contributed by atoms with van der Waals surface area (Å²) < 4.78 is 6.87. The fourth-order valence-corrected chi connectivity index (χ4v) is 5.75. The summed E-state index contributed by atoms with van der Waals surface area (Å²) in [7, 11) is 0. The smallest absolute Gasteiger partial charge is 0.178 e. The van der Waals surface area contributed by atoms with Crippen molar-refractivity contribution in [2.75, 3.05) is 0 Å². The van der Waals surface area contributed by atoms with Crippen LogP contribution in [0.15, 0.2) is 146 Å². The molecule has 40 heavy (non-hydrogen) atoms. The molecule has 0 radical (unpaired) electrons. The van der Waals surface area contributed by atoms with Gasteiger partial charge in [0.1, 0.15) is 5.75 Å². The first-order valence-electron chi connectivity index (χ1n) is 13.4. The number of benzene rings is 6. The molecule has 0 saturated carbocycles. The van der Waals surface area contributed by atoms with Gasteiger partial charge in [-0.1, -0.05) is 121 Å². The molecular formula is C38H25NO.